The van der Waals surface area contributed by atoms with Gasteiger partial charge in [-0.15, -0.1) is 11.3 Å². The highest BCUT2D eigenvalue weighted by atomic mass is 32.2. The van der Waals surface area contributed by atoms with Crippen LogP contribution >= 0.6 is 11.3 Å². The van der Waals surface area contributed by atoms with Gasteiger partial charge in [0.15, 0.2) is 0 Å². The van der Waals surface area contributed by atoms with E-state index in [0.717, 1.165) is 34.5 Å². The largest absolute Gasteiger partial charge is 0.481 e. The van der Waals surface area contributed by atoms with E-state index < -0.39 is 16.0 Å². The summed E-state index contributed by atoms with van der Waals surface area (Å²) in [5.41, 5.74) is 2.88. The molecule has 0 aliphatic heterocycles. The van der Waals surface area contributed by atoms with Crippen molar-refractivity contribution >= 4 is 27.3 Å². The van der Waals surface area contributed by atoms with Crippen molar-refractivity contribution in [2.45, 2.75) is 43.2 Å². The van der Waals surface area contributed by atoms with E-state index in [1.54, 1.807) is 16.6 Å². The maximum atomic E-state index is 13.2. The fourth-order valence-corrected chi connectivity index (χ4v) is 6.43. The van der Waals surface area contributed by atoms with Crippen LogP contribution in [0.4, 0.5) is 0 Å². The van der Waals surface area contributed by atoms with Gasteiger partial charge in [0.25, 0.3) is 10.0 Å². The number of hydrogen-bond acceptors (Lipinski definition) is 5. The minimum absolute atomic E-state index is 0.119. The van der Waals surface area contributed by atoms with Crippen molar-refractivity contribution in [2.75, 3.05) is 13.1 Å². The second kappa shape index (κ2) is 11.4. The average Bonchev–Trinajstić information content (AvgIpc) is 3.30. The van der Waals surface area contributed by atoms with Crippen molar-refractivity contribution in [3.63, 3.8) is 0 Å². The summed E-state index contributed by atoms with van der Waals surface area (Å²) < 4.78 is 28.4. The number of benzene rings is 1. The second-order valence-electron chi connectivity index (χ2n) is 7.55. The molecule has 0 saturated carbocycles. The van der Waals surface area contributed by atoms with Gasteiger partial charge in [0, 0.05) is 25.7 Å². The number of rotatable bonds is 12. The first-order valence-electron chi connectivity index (χ1n) is 10.7. The van der Waals surface area contributed by atoms with Crippen LogP contribution in [0.25, 0.3) is 10.6 Å². The zero-order valence-electron chi connectivity index (χ0n) is 18.1. The summed E-state index contributed by atoms with van der Waals surface area (Å²) in [6.45, 7) is 2.91. The number of nitrogens with zero attached hydrogens (tertiary/aromatic N) is 2. The van der Waals surface area contributed by atoms with Crippen molar-refractivity contribution in [2.24, 2.45) is 0 Å². The number of sulfonamides is 1. The summed E-state index contributed by atoms with van der Waals surface area (Å²) >= 11 is 1.25. The van der Waals surface area contributed by atoms with Crippen LogP contribution in [0.1, 0.15) is 37.3 Å². The molecule has 0 aliphatic rings. The van der Waals surface area contributed by atoms with Crippen LogP contribution in [0.2, 0.25) is 0 Å². The SMILES string of the molecule is CCCN(CCCc1ccc(CCC(=O)O)cc1)S(=O)(=O)c1ccc(-c2ccccn2)s1. The molecule has 3 aromatic rings. The number of aromatic nitrogens is 1. The Hall–Kier alpha value is -2.55. The smallest absolute Gasteiger partial charge is 0.303 e. The number of thiophene rings is 1. The lowest BCUT2D eigenvalue weighted by Crippen LogP contribution is -2.32. The third-order valence-corrected chi connectivity index (χ3v) is 8.56. The van der Waals surface area contributed by atoms with E-state index in [1.807, 2.05) is 55.5 Å². The molecule has 0 atom stereocenters. The number of carboxylic acids is 1. The molecule has 32 heavy (non-hydrogen) atoms. The summed E-state index contributed by atoms with van der Waals surface area (Å²) in [5, 5.41) is 8.79. The predicted molar refractivity (Wildman–Crippen MR) is 127 cm³/mol. The minimum atomic E-state index is -3.56. The van der Waals surface area contributed by atoms with Crippen LogP contribution in [0.5, 0.6) is 0 Å². The van der Waals surface area contributed by atoms with Gasteiger partial charge in [0.1, 0.15) is 4.21 Å². The molecule has 0 fully saturated rings. The van der Waals surface area contributed by atoms with E-state index >= 15 is 0 Å². The summed E-state index contributed by atoms with van der Waals surface area (Å²) in [6.07, 6.45) is 4.55. The maximum Gasteiger partial charge on any atom is 0.303 e. The monoisotopic (exact) mass is 472 g/mol. The molecule has 170 valence electrons. The van der Waals surface area contributed by atoms with E-state index in [-0.39, 0.29) is 6.42 Å². The quantitative estimate of drug-likeness (QED) is 0.407. The van der Waals surface area contributed by atoms with Crippen molar-refractivity contribution in [3.8, 4) is 10.6 Å². The summed E-state index contributed by atoms with van der Waals surface area (Å²) in [5.74, 6) is -0.802. The zero-order chi connectivity index (χ0) is 23.0. The third-order valence-electron chi connectivity index (χ3n) is 5.09. The lowest BCUT2D eigenvalue weighted by molar-refractivity contribution is -0.136. The topological polar surface area (TPSA) is 87.6 Å². The molecule has 0 unspecified atom stereocenters. The molecule has 0 bridgehead atoms. The highest BCUT2D eigenvalue weighted by Crippen LogP contribution is 2.31. The van der Waals surface area contributed by atoms with Gasteiger partial charge in [0.05, 0.1) is 10.6 Å². The first-order chi connectivity index (χ1) is 15.4. The fourth-order valence-electron chi connectivity index (χ4n) is 3.42. The number of aliphatic carboxylic acids is 1. The van der Waals surface area contributed by atoms with Gasteiger partial charge < -0.3 is 5.11 Å². The predicted octanol–water partition coefficient (Wildman–Crippen LogP) is 4.86. The average molecular weight is 473 g/mol. The Balaban J connectivity index is 1.62. The Labute approximate surface area is 193 Å². The third kappa shape index (κ3) is 6.48. The molecule has 1 N–H and O–H groups in total. The number of carboxylic acid groups (broad SMARTS) is 1. The van der Waals surface area contributed by atoms with E-state index in [4.69, 9.17) is 5.11 Å². The van der Waals surface area contributed by atoms with Gasteiger partial charge in [-0.3, -0.25) is 9.78 Å². The molecule has 2 heterocycles. The molecule has 6 nitrogen and oxygen atoms in total. The standard InChI is InChI=1S/C24H28N2O4S2/c1-2-17-26(18-5-6-19-8-10-20(11-9-19)12-14-23(27)28)32(29,30)24-15-13-22(31-24)21-7-3-4-16-25-21/h3-4,7-11,13,15-16H,2,5-6,12,14,17-18H2,1H3,(H,27,28). The summed E-state index contributed by atoms with van der Waals surface area (Å²) in [6, 6.07) is 17.0. The Morgan fingerprint density at radius 3 is 2.34 bits per heavy atom. The van der Waals surface area contributed by atoms with Gasteiger partial charge in [-0.1, -0.05) is 37.3 Å². The van der Waals surface area contributed by atoms with E-state index in [1.165, 1.54) is 11.3 Å². The van der Waals surface area contributed by atoms with Crippen LogP contribution in [0.3, 0.4) is 0 Å². The molecule has 0 saturated heterocycles. The molecule has 0 radical (unpaired) electrons. The molecule has 0 spiro atoms. The van der Waals surface area contributed by atoms with E-state index in [2.05, 4.69) is 4.98 Å². The van der Waals surface area contributed by atoms with Gasteiger partial charge in [-0.25, -0.2) is 8.42 Å². The van der Waals surface area contributed by atoms with Crippen LogP contribution in [0.15, 0.2) is 65.0 Å². The van der Waals surface area contributed by atoms with Crippen LogP contribution in [-0.4, -0.2) is 41.9 Å². The number of hydrogen-bond donors (Lipinski definition) is 1. The van der Waals surface area contributed by atoms with Crippen molar-refractivity contribution in [1.29, 1.82) is 0 Å². The molecular weight excluding hydrogens is 444 g/mol. The lowest BCUT2D eigenvalue weighted by Gasteiger charge is -2.20. The number of pyridine rings is 1. The van der Waals surface area contributed by atoms with E-state index in [9.17, 15) is 13.2 Å². The Bertz CT molecular complexity index is 1110. The first-order valence-corrected chi connectivity index (χ1v) is 13.0. The summed E-state index contributed by atoms with van der Waals surface area (Å²) in [7, 11) is -3.56. The Kier molecular flexibility index (Phi) is 8.55. The van der Waals surface area contributed by atoms with Crippen molar-refractivity contribution < 1.29 is 18.3 Å². The van der Waals surface area contributed by atoms with Crippen molar-refractivity contribution in [3.05, 3.63) is 71.9 Å². The normalized spacial score (nSPS) is 11.7. The van der Waals surface area contributed by atoms with Gasteiger partial charge in [-0.05, 0) is 61.1 Å². The first kappa shape index (κ1) is 24.1. The van der Waals surface area contributed by atoms with Gasteiger partial charge >= 0.3 is 5.97 Å². The molecule has 0 aliphatic carbocycles. The Morgan fingerprint density at radius 1 is 1.00 bits per heavy atom. The van der Waals surface area contributed by atoms with Gasteiger partial charge in [-0.2, -0.15) is 4.31 Å². The zero-order valence-corrected chi connectivity index (χ0v) is 19.7. The molecule has 8 heteroatoms. The van der Waals surface area contributed by atoms with Crippen LogP contribution in [-0.2, 0) is 27.7 Å². The molecule has 1 aromatic carbocycles. The van der Waals surface area contributed by atoms with Crippen LogP contribution in [0, 0.1) is 0 Å². The van der Waals surface area contributed by atoms with Gasteiger partial charge in [0.2, 0.25) is 0 Å². The number of aryl methyl sites for hydroxylation is 2. The Morgan fingerprint density at radius 2 is 1.72 bits per heavy atom. The molecule has 3 rings (SSSR count). The highest BCUT2D eigenvalue weighted by molar-refractivity contribution is 7.91. The second-order valence-corrected chi connectivity index (χ2v) is 10.8. The fraction of sp³-hybridized carbons (Fsp3) is 0.333. The molecule has 0 amide bonds. The summed E-state index contributed by atoms with van der Waals surface area (Å²) in [4.78, 5) is 15.8. The van der Waals surface area contributed by atoms with Crippen LogP contribution < -0.4 is 0 Å². The molecular formula is C24H28N2O4S2. The minimum Gasteiger partial charge on any atom is -0.481 e. The van der Waals surface area contributed by atoms with E-state index in [0.29, 0.717) is 30.1 Å². The number of carbonyl (C=O) groups is 1. The lowest BCUT2D eigenvalue weighted by atomic mass is 10.0. The maximum absolute atomic E-state index is 13.2. The molecule has 2 aromatic heterocycles. The van der Waals surface area contributed by atoms with Crippen molar-refractivity contribution in [1.82, 2.24) is 9.29 Å². The highest BCUT2D eigenvalue weighted by Gasteiger charge is 2.25.